The van der Waals surface area contributed by atoms with Crippen molar-refractivity contribution in [2.75, 3.05) is 18.4 Å². The van der Waals surface area contributed by atoms with Crippen LogP contribution >= 0.6 is 0 Å². The maximum atomic E-state index is 13.7. The number of benzene rings is 2. The van der Waals surface area contributed by atoms with Crippen molar-refractivity contribution in [3.63, 3.8) is 0 Å². The number of ether oxygens (including phenoxy) is 1. The predicted octanol–water partition coefficient (Wildman–Crippen LogP) is 4.02. The zero-order valence-corrected chi connectivity index (χ0v) is 18.5. The fourth-order valence-electron chi connectivity index (χ4n) is 3.04. The number of carbonyl (C=O) groups is 1. The number of nitrogens with zero attached hydrogens (tertiary/aromatic N) is 1. The second-order valence-electron chi connectivity index (χ2n) is 7.03. The number of hydrogen-bond acceptors (Lipinski definition) is 5. The number of aromatic nitrogens is 1. The van der Waals surface area contributed by atoms with E-state index in [0.717, 1.165) is 12.1 Å². The Morgan fingerprint density at radius 3 is 2.50 bits per heavy atom. The number of methoxy groups -OCH3 is 1. The van der Waals surface area contributed by atoms with Gasteiger partial charge in [-0.2, -0.15) is 13.2 Å². The van der Waals surface area contributed by atoms with Crippen LogP contribution in [0.3, 0.4) is 0 Å². The van der Waals surface area contributed by atoms with E-state index in [9.17, 15) is 30.8 Å². The molecule has 0 aliphatic rings. The third kappa shape index (κ3) is 6.01. The number of nitrogens with one attached hydrogen (secondary N) is 2. The standard InChI is InChI=1S/C22H19F4N3O4S/c1-33-16-11-15(12-27-13-16)29-34(31,32)20-5-3-2-4-17(20)21(30)28-9-8-14-6-7-18(19(23)10-14)22(24,25)26/h2-7,10-13,29H,8-9H2,1H3,(H,28,30). The number of sulfonamides is 1. The van der Waals surface area contributed by atoms with Gasteiger partial charge >= 0.3 is 6.18 Å². The molecule has 0 unspecified atom stereocenters. The molecule has 2 aromatic carbocycles. The van der Waals surface area contributed by atoms with Crippen LogP contribution in [0.15, 0.2) is 65.8 Å². The summed E-state index contributed by atoms with van der Waals surface area (Å²) in [6.07, 6.45) is -2.11. The van der Waals surface area contributed by atoms with Gasteiger partial charge in [-0.15, -0.1) is 0 Å². The highest BCUT2D eigenvalue weighted by Gasteiger charge is 2.33. The van der Waals surface area contributed by atoms with Crippen molar-refractivity contribution in [1.29, 1.82) is 0 Å². The van der Waals surface area contributed by atoms with E-state index in [1.54, 1.807) is 0 Å². The molecule has 2 N–H and O–H groups in total. The Balaban J connectivity index is 1.71. The van der Waals surface area contributed by atoms with Crippen LogP contribution in [0.5, 0.6) is 5.75 Å². The largest absolute Gasteiger partial charge is 0.495 e. The molecule has 0 aliphatic heterocycles. The first kappa shape index (κ1) is 25.0. The zero-order valence-electron chi connectivity index (χ0n) is 17.7. The van der Waals surface area contributed by atoms with Crippen LogP contribution in [0.4, 0.5) is 23.2 Å². The fourth-order valence-corrected chi connectivity index (χ4v) is 4.28. The molecular formula is C22H19F4N3O4S. The van der Waals surface area contributed by atoms with E-state index in [-0.39, 0.29) is 34.7 Å². The van der Waals surface area contributed by atoms with E-state index in [2.05, 4.69) is 15.0 Å². The Labute approximate surface area is 192 Å². The summed E-state index contributed by atoms with van der Waals surface area (Å²) < 4.78 is 84.8. The second-order valence-corrected chi connectivity index (χ2v) is 8.68. The molecule has 1 heterocycles. The minimum Gasteiger partial charge on any atom is -0.495 e. The molecule has 34 heavy (non-hydrogen) atoms. The van der Waals surface area contributed by atoms with Crippen molar-refractivity contribution in [3.05, 3.63) is 83.4 Å². The van der Waals surface area contributed by atoms with Gasteiger partial charge in [0.15, 0.2) is 0 Å². The first-order valence-corrected chi connectivity index (χ1v) is 11.2. The summed E-state index contributed by atoms with van der Waals surface area (Å²) >= 11 is 0. The first-order chi connectivity index (χ1) is 16.0. The van der Waals surface area contributed by atoms with Crippen molar-refractivity contribution >= 4 is 21.6 Å². The number of halogens is 4. The fraction of sp³-hybridized carbons (Fsp3) is 0.182. The van der Waals surface area contributed by atoms with Crippen molar-refractivity contribution in [1.82, 2.24) is 10.3 Å². The smallest absolute Gasteiger partial charge is 0.419 e. The average molecular weight is 497 g/mol. The normalized spacial score (nSPS) is 11.7. The summed E-state index contributed by atoms with van der Waals surface area (Å²) in [4.78, 5) is 16.2. The summed E-state index contributed by atoms with van der Waals surface area (Å²) in [7, 11) is -2.78. The van der Waals surface area contributed by atoms with Crippen LogP contribution in [0.25, 0.3) is 0 Å². The highest BCUT2D eigenvalue weighted by atomic mass is 32.2. The Hall–Kier alpha value is -3.67. The average Bonchev–Trinajstić information content (AvgIpc) is 2.78. The second kappa shape index (κ2) is 10.1. The number of carbonyl (C=O) groups excluding carboxylic acids is 1. The Morgan fingerprint density at radius 1 is 1.09 bits per heavy atom. The molecule has 180 valence electrons. The third-order valence-corrected chi connectivity index (χ3v) is 6.10. The van der Waals surface area contributed by atoms with Gasteiger partial charge in [-0.25, -0.2) is 12.8 Å². The number of amides is 1. The van der Waals surface area contributed by atoms with E-state index in [1.165, 1.54) is 49.8 Å². The van der Waals surface area contributed by atoms with Crippen molar-refractivity contribution < 1.29 is 35.5 Å². The Kier molecular flexibility index (Phi) is 7.40. The molecule has 1 aromatic heterocycles. The topological polar surface area (TPSA) is 97.4 Å². The lowest BCUT2D eigenvalue weighted by molar-refractivity contribution is -0.140. The molecule has 12 heteroatoms. The van der Waals surface area contributed by atoms with Gasteiger partial charge in [0.1, 0.15) is 16.5 Å². The molecule has 7 nitrogen and oxygen atoms in total. The summed E-state index contributed by atoms with van der Waals surface area (Å²) in [6.45, 7) is -0.0642. The summed E-state index contributed by atoms with van der Waals surface area (Å²) in [6, 6.07) is 9.39. The van der Waals surface area contributed by atoms with E-state index in [4.69, 9.17) is 4.74 Å². The quantitative estimate of drug-likeness (QED) is 0.458. The van der Waals surface area contributed by atoms with Crippen molar-refractivity contribution in [2.24, 2.45) is 0 Å². The minimum absolute atomic E-state index is 0.0312. The van der Waals surface area contributed by atoms with Gasteiger partial charge in [-0.1, -0.05) is 18.2 Å². The van der Waals surface area contributed by atoms with E-state index in [0.29, 0.717) is 11.8 Å². The summed E-state index contributed by atoms with van der Waals surface area (Å²) in [5.74, 6) is -1.81. The summed E-state index contributed by atoms with van der Waals surface area (Å²) in [5.41, 5.74) is -1.17. The predicted molar refractivity (Wildman–Crippen MR) is 115 cm³/mol. The van der Waals surface area contributed by atoms with Crippen molar-refractivity contribution in [3.8, 4) is 5.75 Å². The minimum atomic E-state index is -4.80. The molecule has 0 saturated carbocycles. The lowest BCUT2D eigenvalue weighted by Gasteiger charge is -2.13. The first-order valence-electron chi connectivity index (χ1n) is 9.76. The van der Waals surface area contributed by atoms with E-state index in [1.807, 2.05) is 0 Å². The van der Waals surface area contributed by atoms with E-state index < -0.39 is 33.5 Å². The van der Waals surface area contributed by atoms with Crippen LogP contribution in [-0.4, -0.2) is 33.0 Å². The number of rotatable bonds is 8. The van der Waals surface area contributed by atoms with Gasteiger partial charge in [-0.05, 0) is 36.2 Å². The molecule has 0 saturated heterocycles. The highest BCUT2D eigenvalue weighted by Crippen LogP contribution is 2.31. The van der Waals surface area contributed by atoms with Gasteiger partial charge in [-0.3, -0.25) is 14.5 Å². The van der Waals surface area contributed by atoms with Gasteiger partial charge in [0.25, 0.3) is 15.9 Å². The summed E-state index contributed by atoms with van der Waals surface area (Å²) in [5, 5.41) is 2.50. The van der Waals surface area contributed by atoms with Gasteiger partial charge in [0.05, 0.1) is 36.3 Å². The zero-order chi connectivity index (χ0) is 24.9. The van der Waals surface area contributed by atoms with Crippen LogP contribution in [0, 0.1) is 5.82 Å². The molecular weight excluding hydrogens is 478 g/mol. The monoisotopic (exact) mass is 497 g/mol. The highest BCUT2D eigenvalue weighted by molar-refractivity contribution is 7.92. The molecule has 1 amide bonds. The van der Waals surface area contributed by atoms with Gasteiger partial charge in [0, 0.05) is 12.6 Å². The lowest BCUT2D eigenvalue weighted by Crippen LogP contribution is -2.28. The van der Waals surface area contributed by atoms with Gasteiger partial charge < -0.3 is 10.1 Å². The maximum absolute atomic E-state index is 13.7. The molecule has 0 bridgehead atoms. The van der Waals surface area contributed by atoms with Crippen molar-refractivity contribution in [2.45, 2.75) is 17.5 Å². The molecule has 0 fully saturated rings. The SMILES string of the molecule is COc1cncc(NS(=O)(=O)c2ccccc2C(=O)NCCc2ccc(C(F)(F)F)c(F)c2)c1. The molecule has 0 atom stereocenters. The van der Waals surface area contributed by atoms with Crippen LogP contribution < -0.4 is 14.8 Å². The molecule has 0 radical (unpaired) electrons. The van der Waals surface area contributed by atoms with Gasteiger partial charge in [0.2, 0.25) is 0 Å². The third-order valence-electron chi connectivity index (χ3n) is 4.66. The molecule has 0 spiro atoms. The molecule has 3 aromatic rings. The number of anilines is 1. The maximum Gasteiger partial charge on any atom is 0.419 e. The van der Waals surface area contributed by atoms with Crippen LogP contribution in [0.2, 0.25) is 0 Å². The van der Waals surface area contributed by atoms with Crippen LogP contribution in [-0.2, 0) is 22.6 Å². The lowest BCUT2D eigenvalue weighted by atomic mass is 10.1. The molecule has 0 aliphatic carbocycles. The van der Waals surface area contributed by atoms with E-state index >= 15 is 0 Å². The Morgan fingerprint density at radius 2 is 1.82 bits per heavy atom. The number of alkyl halides is 3. The number of pyridine rings is 1. The van der Waals surface area contributed by atoms with Crippen LogP contribution in [0.1, 0.15) is 21.5 Å². The number of hydrogen-bond donors (Lipinski definition) is 2. The molecule has 3 rings (SSSR count). The Bertz CT molecular complexity index is 1300.